The van der Waals surface area contributed by atoms with E-state index < -0.39 is 0 Å². The maximum atomic E-state index is 6.02. The number of halogens is 2. The third-order valence-corrected chi connectivity index (χ3v) is 3.96. The Bertz CT molecular complexity index is 382. The molecule has 0 bridgehead atoms. The van der Waals surface area contributed by atoms with Crippen LogP contribution in [0.3, 0.4) is 0 Å². The highest BCUT2D eigenvalue weighted by atomic mass is 35.5. The minimum absolute atomic E-state index is 0.617. The van der Waals surface area contributed by atoms with Crippen molar-refractivity contribution in [1.29, 1.82) is 0 Å². The Kier molecular flexibility index (Phi) is 4.69. The van der Waals surface area contributed by atoms with Crippen LogP contribution in [-0.2, 0) is 6.54 Å². The van der Waals surface area contributed by atoms with Gasteiger partial charge in [-0.2, -0.15) is 0 Å². The number of nitrogens with one attached hydrogen (secondary N) is 1. The highest BCUT2D eigenvalue weighted by molar-refractivity contribution is 6.42. The molecule has 1 atom stereocenters. The quantitative estimate of drug-likeness (QED) is 0.910. The SMILES string of the molecule is CCC1CN(Cc2ccc(Cl)c(Cl)c2)CCN1. The van der Waals surface area contributed by atoms with E-state index in [1.165, 1.54) is 12.0 Å². The lowest BCUT2D eigenvalue weighted by Gasteiger charge is -2.33. The van der Waals surface area contributed by atoms with Crippen molar-refractivity contribution in [3.63, 3.8) is 0 Å². The van der Waals surface area contributed by atoms with Gasteiger partial charge in [-0.1, -0.05) is 36.2 Å². The Morgan fingerprint density at radius 3 is 2.88 bits per heavy atom. The summed E-state index contributed by atoms with van der Waals surface area (Å²) in [5.74, 6) is 0. The first-order valence-corrected chi connectivity index (χ1v) is 6.84. The van der Waals surface area contributed by atoms with Gasteiger partial charge in [0.15, 0.2) is 0 Å². The van der Waals surface area contributed by atoms with Crippen molar-refractivity contribution in [3.05, 3.63) is 33.8 Å². The van der Waals surface area contributed by atoms with E-state index in [4.69, 9.17) is 23.2 Å². The monoisotopic (exact) mass is 272 g/mol. The van der Waals surface area contributed by atoms with Gasteiger partial charge in [0.05, 0.1) is 10.0 Å². The molecule has 1 N–H and O–H groups in total. The molecule has 0 aromatic heterocycles. The van der Waals surface area contributed by atoms with Gasteiger partial charge < -0.3 is 5.32 Å². The molecule has 1 aliphatic heterocycles. The van der Waals surface area contributed by atoms with E-state index in [2.05, 4.69) is 23.2 Å². The summed E-state index contributed by atoms with van der Waals surface area (Å²) in [6, 6.07) is 6.51. The summed E-state index contributed by atoms with van der Waals surface area (Å²) in [5.41, 5.74) is 1.23. The maximum absolute atomic E-state index is 6.02. The van der Waals surface area contributed by atoms with Gasteiger partial charge in [-0.25, -0.2) is 0 Å². The molecule has 2 nitrogen and oxygen atoms in total. The van der Waals surface area contributed by atoms with Gasteiger partial charge in [-0.05, 0) is 24.1 Å². The number of hydrogen-bond acceptors (Lipinski definition) is 2. The third-order valence-electron chi connectivity index (χ3n) is 3.22. The van der Waals surface area contributed by atoms with Crippen LogP contribution in [-0.4, -0.2) is 30.6 Å². The minimum atomic E-state index is 0.617. The molecular formula is C13H18Cl2N2. The Morgan fingerprint density at radius 2 is 2.18 bits per heavy atom. The predicted molar refractivity (Wildman–Crippen MR) is 73.8 cm³/mol. The van der Waals surface area contributed by atoms with Crippen LogP contribution in [0.1, 0.15) is 18.9 Å². The number of piperazine rings is 1. The molecule has 94 valence electrons. The van der Waals surface area contributed by atoms with Crippen LogP contribution in [0.25, 0.3) is 0 Å². The largest absolute Gasteiger partial charge is 0.311 e. The molecule has 1 aliphatic rings. The number of hydrogen-bond donors (Lipinski definition) is 1. The Hall–Kier alpha value is -0.280. The zero-order valence-electron chi connectivity index (χ0n) is 10.0. The van der Waals surface area contributed by atoms with Crippen molar-refractivity contribution in [2.24, 2.45) is 0 Å². The average Bonchev–Trinajstić information content (AvgIpc) is 2.34. The summed E-state index contributed by atoms with van der Waals surface area (Å²) < 4.78 is 0. The summed E-state index contributed by atoms with van der Waals surface area (Å²) in [4.78, 5) is 2.46. The van der Waals surface area contributed by atoms with Gasteiger partial charge in [0.25, 0.3) is 0 Å². The first-order chi connectivity index (χ1) is 8.19. The molecule has 4 heteroatoms. The van der Waals surface area contributed by atoms with Gasteiger partial charge in [0.1, 0.15) is 0 Å². The van der Waals surface area contributed by atoms with E-state index in [-0.39, 0.29) is 0 Å². The highest BCUT2D eigenvalue weighted by Gasteiger charge is 2.17. The second-order valence-electron chi connectivity index (χ2n) is 4.54. The molecule has 0 amide bonds. The van der Waals surface area contributed by atoms with E-state index >= 15 is 0 Å². The topological polar surface area (TPSA) is 15.3 Å². The van der Waals surface area contributed by atoms with Crippen LogP contribution in [0, 0.1) is 0 Å². The summed E-state index contributed by atoms with van der Waals surface area (Å²) in [6.07, 6.45) is 1.18. The lowest BCUT2D eigenvalue weighted by atomic mass is 10.1. The Balaban J connectivity index is 1.97. The number of nitrogens with zero attached hydrogens (tertiary/aromatic N) is 1. The zero-order chi connectivity index (χ0) is 12.3. The summed E-state index contributed by atoms with van der Waals surface area (Å²) >= 11 is 11.9. The van der Waals surface area contributed by atoms with E-state index in [1.807, 2.05) is 12.1 Å². The first-order valence-electron chi connectivity index (χ1n) is 6.08. The molecule has 0 radical (unpaired) electrons. The van der Waals surface area contributed by atoms with E-state index in [9.17, 15) is 0 Å². The average molecular weight is 273 g/mol. The number of rotatable bonds is 3. The van der Waals surface area contributed by atoms with Crippen LogP contribution >= 0.6 is 23.2 Å². The molecule has 0 spiro atoms. The normalized spacial score (nSPS) is 21.7. The molecule has 1 aromatic carbocycles. The van der Waals surface area contributed by atoms with E-state index in [0.29, 0.717) is 16.1 Å². The molecule has 1 fully saturated rings. The fourth-order valence-electron chi connectivity index (χ4n) is 2.21. The Morgan fingerprint density at radius 1 is 1.35 bits per heavy atom. The second kappa shape index (κ2) is 6.05. The highest BCUT2D eigenvalue weighted by Crippen LogP contribution is 2.23. The van der Waals surface area contributed by atoms with Gasteiger partial charge in [-0.3, -0.25) is 4.90 Å². The van der Waals surface area contributed by atoms with E-state index in [0.717, 1.165) is 26.2 Å². The van der Waals surface area contributed by atoms with Gasteiger partial charge in [0, 0.05) is 32.2 Å². The van der Waals surface area contributed by atoms with Crippen molar-refractivity contribution in [1.82, 2.24) is 10.2 Å². The molecule has 2 rings (SSSR count). The molecule has 17 heavy (non-hydrogen) atoms. The summed E-state index contributed by atoms with van der Waals surface area (Å²) in [7, 11) is 0. The molecule has 0 aliphatic carbocycles. The first kappa shape index (κ1) is 13.2. The Labute approximate surface area is 113 Å². The van der Waals surface area contributed by atoms with E-state index in [1.54, 1.807) is 0 Å². The lowest BCUT2D eigenvalue weighted by Crippen LogP contribution is -2.49. The second-order valence-corrected chi connectivity index (χ2v) is 5.36. The molecular weight excluding hydrogens is 255 g/mol. The van der Waals surface area contributed by atoms with Crippen LogP contribution in [0.2, 0.25) is 10.0 Å². The standard InChI is InChI=1S/C13H18Cl2N2/c1-2-11-9-17(6-5-16-11)8-10-3-4-12(14)13(15)7-10/h3-4,7,11,16H,2,5-6,8-9H2,1H3. The molecule has 0 saturated carbocycles. The van der Waals surface area contributed by atoms with Gasteiger partial charge >= 0.3 is 0 Å². The van der Waals surface area contributed by atoms with Crippen LogP contribution in [0.4, 0.5) is 0 Å². The molecule has 1 unspecified atom stereocenters. The van der Waals surface area contributed by atoms with Crippen molar-refractivity contribution in [2.75, 3.05) is 19.6 Å². The van der Waals surface area contributed by atoms with Crippen molar-refractivity contribution in [3.8, 4) is 0 Å². The third kappa shape index (κ3) is 3.59. The lowest BCUT2D eigenvalue weighted by molar-refractivity contribution is 0.190. The molecule has 1 aromatic rings. The molecule has 1 saturated heterocycles. The summed E-state index contributed by atoms with van der Waals surface area (Å²) in [5, 5.41) is 4.79. The van der Waals surface area contributed by atoms with Crippen LogP contribution < -0.4 is 5.32 Å². The summed E-state index contributed by atoms with van der Waals surface area (Å²) in [6.45, 7) is 6.45. The molecule has 1 heterocycles. The van der Waals surface area contributed by atoms with Gasteiger partial charge in [0.2, 0.25) is 0 Å². The van der Waals surface area contributed by atoms with Crippen molar-refractivity contribution < 1.29 is 0 Å². The number of benzene rings is 1. The zero-order valence-corrected chi connectivity index (χ0v) is 11.6. The minimum Gasteiger partial charge on any atom is -0.311 e. The maximum Gasteiger partial charge on any atom is 0.0595 e. The fourth-order valence-corrected chi connectivity index (χ4v) is 2.53. The smallest absolute Gasteiger partial charge is 0.0595 e. The van der Waals surface area contributed by atoms with Gasteiger partial charge in [-0.15, -0.1) is 0 Å². The predicted octanol–water partition coefficient (Wildman–Crippen LogP) is 3.18. The fraction of sp³-hybridized carbons (Fsp3) is 0.538. The van der Waals surface area contributed by atoms with Crippen LogP contribution in [0.15, 0.2) is 18.2 Å². The van der Waals surface area contributed by atoms with Crippen molar-refractivity contribution >= 4 is 23.2 Å². The van der Waals surface area contributed by atoms with Crippen LogP contribution in [0.5, 0.6) is 0 Å². The van der Waals surface area contributed by atoms with Crippen molar-refractivity contribution in [2.45, 2.75) is 25.9 Å².